The van der Waals surface area contributed by atoms with E-state index in [0.717, 1.165) is 0 Å². The van der Waals surface area contributed by atoms with E-state index in [0.29, 0.717) is 11.3 Å². The smallest absolute Gasteiger partial charge is 0.319 e. The number of rotatable bonds is 6. The van der Waals surface area contributed by atoms with Gasteiger partial charge < -0.3 is 15.7 Å². The van der Waals surface area contributed by atoms with Gasteiger partial charge in [-0.1, -0.05) is 6.92 Å². The van der Waals surface area contributed by atoms with Crippen LogP contribution in [0.25, 0.3) is 0 Å². The average Bonchev–Trinajstić information content (AvgIpc) is 2.35. The first kappa shape index (κ1) is 16.4. The fourth-order valence-electron chi connectivity index (χ4n) is 1.75. The molecule has 0 aliphatic heterocycles. The number of hydrogen-bond acceptors (Lipinski definition) is 4. The summed E-state index contributed by atoms with van der Waals surface area (Å²) in [5.41, 5.74) is 0.856. The second-order valence-electron chi connectivity index (χ2n) is 4.80. The highest BCUT2D eigenvalue weighted by Gasteiger charge is 2.12. The maximum Gasteiger partial charge on any atom is 0.319 e. The van der Waals surface area contributed by atoms with Gasteiger partial charge in [-0.25, -0.2) is 4.79 Å². The molecule has 0 aromatic heterocycles. The van der Waals surface area contributed by atoms with Crippen molar-refractivity contribution in [1.82, 2.24) is 5.32 Å². The molecule has 1 aromatic rings. The number of nitrogens with one attached hydrogen (secondary N) is 2. The second-order valence-corrected chi connectivity index (χ2v) is 4.80. The number of benzene rings is 1. The summed E-state index contributed by atoms with van der Waals surface area (Å²) >= 11 is 0. The lowest BCUT2D eigenvalue weighted by Gasteiger charge is -2.11. The molecule has 0 spiro atoms. The Hall–Kier alpha value is -2.64. The van der Waals surface area contributed by atoms with Gasteiger partial charge in [0.2, 0.25) is 0 Å². The third-order valence-electron chi connectivity index (χ3n) is 2.79. The highest BCUT2D eigenvalue weighted by Crippen LogP contribution is 2.21. The van der Waals surface area contributed by atoms with Crippen LogP contribution in [0, 0.1) is 23.0 Å². The molecule has 1 unspecified atom stereocenters. The van der Waals surface area contributed by atoms with Crippen molar-refractivity contribution in [3.63, 3.8) is 0 Å². The highest BCUT2D eigenvalue weighted by atomic mass is 16.6. The quantitative estimate of drug-likeness (QED) is 0.548. The van der Waals surface area contributed by atoms with Crippen molar-refractivity contribution in [3.05, 3.63) is 33.9 Å². The fourth-order valence-corrected chi connectivity index (χ4v) is 1.75. The van der Waals surface area contributed by atoms with Gasteiger partial charge >= 0.3 is 12.0 Å². The van der Waals surface area contributed by atoms with E-state index in [2.05, 4.69) is 10.6 Å². The summed E-state index contributed by atoms with van der Waals surface area (Å²) in [4.78, 5) is 32.3. The van der Waals surface area contributed by atoms with Gasteiger partial charge in [-0.15, -0.1) is 0 Å². The summed E-state index contributed by atoms with van der Waals surface area (Å²) < 4.78 is 0. The second kappa shape index (κ2) is 7.22. The lowest BCUT2D eigenvalue weighted by Crippen LogP contribution is -2.33. The Kier molecular flexibility index (Phi) is 5.65. The van der Waals surface area contributed by atoms with Gasteiger partial charge in [0.1, 0.15) is 0 Å². The minimum Gasteiger partial charge on any atom is -0.481 e. The van der Waals surface area contributed by atoms with E-state index in [1.54, 1.807) is 13.8 Å². The third-order valence-corrected chi connectivity index (χ3v) is 2.79. The molecule has 0 radical (unpaired) electrons. The van der Waals surface area contributed by atoms with Crippen LogP contribution in [0.2, 0.25) is 0 Å². The molecule has 0 fully saturated rings. The van der Waals surface area contributed by atoms with Gasteiger partial charge in [-0.2, -0.15) is 0 Å². The van der Waals surface area contributed by atoms with Crippen LogP contribution < -0.4 is 10.6 Å². The predicted octanol–water partition coefficient (Wildman–Crippen LogP) is 2.14. The molecule has 114 valence electrons. The topological polar surface area (TPSA) is 122 Å². The van der Waals surface area contributed by atoms with Crippen molar-refractivity contribution in [3.8, 4) is 0 Å². The molecule has 8 nitrogen and oxygen atoms in total. The molecule has 0 saturated carbocycles. The van der Waals surface area contributed by atoms with Crippen molar-refractivity contribution in [1.29, 1.82) is 0 Å². The number of carboxylic acid groups (broad SMARTS) is 1. The van der Waals surface area contributed by atoms with Crippen LogP contribution in [0.15, 0.2) is 18.2 Å². The minimum absolute atomic E-state index is 0.0176. The molecule has 2 amide bonds. The number of anilines is 1. The minimum atomic E-state index is -0.921. The first-order valence-electron chi connectivity index (χ1n) is 6.31. The van der Waals surface area contributed by atoms with Crippen molar-refractivity contribution < 1.29 is 19.6 Å². The molecule has 21 heavy (non-hydrogen) atoms. The van der Waals surface area contributed by atoms with E-state index in [4.69, 9.17) is 5.11 Å². The zero-order valence-electron chi connectivity index (χ0n) is 11.8. The van der Waals surface area contributed by atoms with Crippen LogP contribution in [0.1, 0.15) is 18.9 Å². The number of nitrogens with zero attached hydrogens (tertiary/aromatic N) is 1. The highest BCUT2D eigenvalue weighted by molar-refractivity contribution is 5.89. The van der Waals surface area contributed by atoms with Crippen molar-refractivity contribution in [2.75, 3.05) is 11.9 Å². The normalized spacial score (nSPS) is 11.5. The zero-order chi connectivity index (χ0) is 16.0. The summed E-state index contributed by atoms with van der Waals surface area (Å²) in [5, 5.41) is 24.4. The number of hydrogen-bond donors (Lipinski definition) is 3. The van der Waals surface area contributed by atoms with Crippen LogP contribution in [-0.4, -0.2) is 28.6 Å². The van der Waals surface area contributed by atoms with Gasteiger partial charge in [0.25, 0.3) is 5.69 Å². The largest absolute Gasteiger partial charge is 0.481 e. The Balaban J connectivity index is 2.53. The van der Waals surface area contributed by atoms with Crippen molar-refractivity contribution in [2.45, 2.75) is 20.3 Å². The zero-order valence-corrected chi connectivity index (χ0v) is 11.8. The number of carbonyl (C=O) groups is 2. The van der Waals surface area contributed by atoms with Crippen molar-refractivity contribution >= 4 is 23.4 Å². The fraction of sp³-hybridized carbons (Fsp3) is 0.385. The Morgan fingerprint density at radius 1 is 1.43 bits per heavy atom. The van der Waals surface area contributed by atoms with Crippen molar-refractivity contribution in [2.24, 2.45) is 5.92 Å². The SMILES string of the molecule is Cc1cc(NC(=O)NCC(C)CC(=O)O)ccc1[N+](=O)[O-]. The maximum absolute atomic E-state index is 11.6. The number of urea groups is 1. The third kappa shape index (κ3) is 5.47. The molecule has 8 heteroatoms. The van der Waals surface area contributed by atoms with Gasteiger partial charge in [-0.05, 0) is 25.0 Å². The number of nitro groups is 1. The molecular formula is C13H17N3O5. The molecule has 0 bridgehead atoms. The number of amides is 2. The van der Waals surface area contributed by atoms with Crippen LogP contribution in [0.4, 0.5) is 16.2 Å². The lowest BCUT2D eigenvalue weighted by atomic mass is 10.1. The van der Waals surface area contributed by atoms with E-state index in [1.165, 1.54) is 18.2 Å². The number of nitro benzene ring substituents is 1. The lowest BCUT2D eigenvalue weighted by molar-refractivity contribution is -0.385. The molecule has 0 saturated heterocycles. The van der Waals surface area contributed by atoms with E-state index >= 15 is 0 Å². The Morgan fingerprint density at radius 3 is 2.62 bits per heavy atom. The van der Waals surface area contributed by atoms with Gasteiger partial charge in [-0.3, -0.25) is 14.9 Å². The summed E-state index contributed by atoms with van der Waals surface area (Å²) in [6, 6.07) is 3.77. The maximum atomic E-state index is 11.6. The Morgan fingerprint density at radius 2 is 2.10 bits per heavy atom. The van der Waals surface area contributed by atoms with Crippen LogP contribution in [0.3, 0.4) is 0 Å². The summed E-state index contributed by atoms with van der Waals surface area (Å²) in [5.74, 6) is -1.11. The molecule has 3 N–H and O–H groups in total. The van der Waals surface area contributed by atoms with E-state index in [-0.39, 0.29) is 24.6 Å². The van der Waals surface area contributed by atoms with Gasteiger partial charge in [0.05, 0.1) is 4.92 Å². The Bertz CT molecular complexity index is 559. The summed E-state index contributed by atoms with van der Waals surface area (Å²) in [6.07, 6.45) is -0.0308. The molecule has 1 rings (SSSR count). The number of aryl methyl sites for hydroxylation is 1. The molecule has 1 atom stereocenters. The molecule has 0 aliphatic carbocycles. The number of aliphatic carboxylic acids is 1. The average molecular weight is 295 g/mol. The van der Waals surface area contributed by atoms with Gasteiger partial charge in [0, 0.05) is 30.3 Å². The predicted molar refractivity (Wildman–Crippen MR) is 76.3 cm³/mol. The molecule has 0 aliphatic rings. The van der Waals surface area contributed by atoms with E-state index in [1.807, 2.05) is 0 Å². The molecule has 1 aromatic carbocycles. The van der Waals surface area contributed by atoms with E-state index < -0.39 is 16.9 Å². The van der Waals surface area contributed by atoms with Crippen LogP contribution in [-0.2, 0) is 4.79 Å². The van der Waals surface area contributed by atoms with E-state index in [9.17, 15) is 19.7 Å². The molecule has 0 heterocycles. The Labute approximate surface area is 121 Å². The van der Waals surface area contributed by atoms with Crippen LogP contribution >= 0.6 is 0 Å². The molecular weight excluding hydrogens is 278 g/mol. The standard InChI is InChI=1S/C13H17N3O5/c1-8(5-12(17)18)7-14-13(19)15-10-3-4-11(16(20)21)9(2)6-10/h3-4,6,8H,5,7H2,1-2H3,(H,17,18)(H2,14,15,19). The number of carbonyl (C=O) groups excluding carboxylic acids is 1. The summed E-state index contributed by atoms with van der Waals surface area (Å²) in [6.45, 7) is 3.52. The first-order chi connectivity index (χ1) is 9.79. The van der Waals surface area contributed by atoms with Gasteiger partial charge in [0.15, 0.2) is 0 Å². The summed E-state index contributed by atoms with van der Waals surface area (Å²) in [7, 11) is 0. The number of carboxylic acids is 1. The van der Waals surface area contributed by atoms with Crippen LogP contribution in [0.5, 0.6) is 0 Å². The monoisotopic (exact) mass is 295 g/mol. The first-order valence-corrected chi connectivity index (χ1v) is 6.31.